The number of halogens is 1. The molecule has 0 aliphatic carbocycles. The van der Waals surface area contributed by atoms with Crippen LogP contribution in [0.25, 0.3) is 0 Å². The summed E-state index contributed by atoms with van der Waals surface area (Å²) >= 11 is 0. The first-order valence-corrected chi connectivity index (χ1v) is 5.68. The van der Waals surface area contributed by atoms with Gasteiger partial charge in [-0.25, -0.2) is 4.39 Å². The Bertz CT molecular complexity index is 480. The van der Waals surface area contributed by atoms with Crippen LogP contribution in [0.5, 0.6) is 0 Å². The number of alkyl halides is 1. The highest BCUT2D eigenvalue weighted by molar-refractivity contribution is 5.34. The van der Waals surface area contributed by atoms with Gasteiger partial charge < -0.3 is 5.73 Å². The first-order valence-electron chi connectivity index (χ1n) is 5.68. The van der Waals surface area contributed by atoms with Crippen molar-refractivity contribution in [3.05, 3.63) is 53.9 Å². The second-order valence-corrected chi connectivity index (χ2v) is 3.96. The summed E-state index contributed by atoms with van der Waals surface area (Å²) in [5.74, 6) is 0. The molecule has 90 valence electrons. The Morgan fingerprint density at radius 3 is 2.53 bits per heavy atom. The van der Waals surface area contributed by atoms with Crippen molar-refractivity contribution in [3.63, 3.8) is 0 Å². The highest BCUT2D eigenvalue weighted by Gasteiger charge is 2.33. The van der Waals surface area contributed by atoms with Gasteiger partial charge >= 0.3 is 0 Å². The summed E-state index contributed by atoms with van der Waals surface area (Å²) in [5.41, 5.74) is 5.03. The second kappa shape index (κ2) is 4.67. The van der Waals surface area contributed by atoms with Crippen LogP contribution < -0.4 is 5.73 Å². The van der Waals surface area contributed by atoms with E-state index in [-0.39, 0.29) is 6.54 Å². The number of benzene rings is 1. The van der Waals surface area contributed by atoms with E-state index in [0.717, 1.165) is 6.54 Å². The minimum Gasteiger partial charge on any atom is -0.327 e. The van der Waals surface area contributed by atoms with Gasteiger partial charge in [0.25, 0.3) is 0 Å². The van der Waals surface area contributed by atoms with Gasteiger partial charge in [0, 0.05) is 24.8 Å². The Hall–Kier alpha value is -1.68. The number of rotatable bonds is 4. The van der Waals surface area contributed by atoms with Crippen LogP contribution >= 0.6 is 0 Å². The Labute approximate surface area is 100 Å². The fourth-order valence-electron chi connectivity index (χ4n) is 1.85. The van der Waals surface area contributed by atoms with Gasteiger partial charge in [0.15, 0.2) is 5.67 Å². The molecule has 0 spiro atoms. The lowest BCUT2D eigenvalue weighted by atomic mass is 9.90. The molecule has 1 heterocycles. The molecule has 1 atom stereocenters. The fraction of sp³-hybridized carbons (Fsp3) is 0.308. The molecule has 0 radical (unpaired) electrons. The van der Waals surface area contributed by atoms with E-state index in [4.69, 9.17) is 5.73 Å². The molecule has 1 aromatic heterocycles. The Kier molecular flexibility index (Phi) is 3.24. The Morgan fingerprint density at radius 1 is 1.29 bits per heavy atom. The normalized spacial score (nSPS) is 14.5. The molecule has 0 bridgehead atoms. The number of hydrogen-bond donors (Lipinski definition) is 1. The monoisotopic (exact) mass is 233 g/mol. The van der Waals surface area contributed by atoms with Crippen molar-refractivity contribution in [1.82, 2.24) is 9.78 Å². The maximum Gasteiger partial charge on any atom is 0.176 e. The van der Waals surface area contributed by atoms with Gasteiger partial charge in [-0.3, -0.25) is 4.68 Å². The van der Waals surface area contributed by atoms with Crippen LogP contribution in [0.15, 0.2) is 42.7 Å². The van der Waals surface area contributed by atoms with E-state index in [0.29, 0.717) is 11.1 Å². The molecule has 4 heteroatoms. The van der Waals surface area contributed by atoms with Crippen molar-refractivity contribution in [2.45, 2.75) is 19.1 Å². The van der Waals surface area contributed by atoms with Gasteiger partial charge in [0.05, 0.1) is 6.20 Å². The molecule has 2 aromatic rings. The third-order valence-corrected chi connectivity index (χ3v) is 2.93. The molecular weight excluding hydrogens is 217 g/mol. The first kappa shape index (κ1) is 11.8. The molecule has 1 unspecified atom stereocenters. The summed E-state index contributed by atoms with van der Waals surface area (Å²) < 4.78 is 16.7. The number of aryl methyl sites for hydroxylation is 1. The zero-order chi connectivity index (χ0) is 12.3. The topological polar surface area (TPSA) is 43.8 Å². The SMILES string of the molecule is CCn1cc(C(F)(CN)c2ccccc2)cn1. The van der Waals surface area contributed by atoms with E-state index in [1.54, 1.807) is 29.2 Å². The quantitative estimate of drug-likeness (QED) is 0.878. The molecule has 3 nitrogen and oxygen atoms in total. The molecule has 0 fully saturated rings. The summed E-state index contributed by atoms with van der Waals surface area (Å²) in [7, 11) is 0. The lowest BCUT2D eigenvalue weighted by Gasteiger charge is -2.22. The molecule has 1 aromatic carbocycles. The van der Waals surface area contributed by atoms with Crippen LogP contribution in [0.4, 0.5) is 4.39 Å². The smallest absolute Gasteiger partial charge is 0.176 e. The number of nitrogens with two attached hydrogens (primary N) is 1. The van der Waals surface area contributed by atoms with Crippen LogP contribution in [0.3, 0.4) is 0 Å². The van der Waals surface area contributed by atoms with Crippen LogP contribution in [0.1, 0.15) is 18.1 Å². The molecule has 2 rings (SSSR count). The molecule has 0 aliphatic heterocycles. The summed E-state index contributed by atoms with van der Waals surface area (Å²) in [6.07, 6.45) is 3.25. The third kappa shape index (κ3) is 2.08. The minimum absolute atomic E-state index is 0.0909. The van der Waals surface area contributed by atoms with Crippen LogP contribution in [0, 0.1) is 0 Å². The van der Waals surface area contributed by atoms with Crippen molar-refractivity contribution in [2.75, 3.05) is 6.54 Å². The van der Waals surface area contributed by atoms with Gasteiger partial charge in [0.2, 0.25) is 0 Å². The first-order chi connectivity index (χ1) is 8.20. The van der Waals surface area contributed by atoms with E-state index in [1.807, 2.05) is 25.1 Å². The standard InChI is InChI=1S/C13H16FN3/c1-2-17-9-12(8-16-17)13(14,10-15)11-6-4-3-5-7-11/h3-9H,2,10,15H2,1H3. The predicted octanol–water partition coefficient (Wildman–Crippen LogP) is 2.07. The van der Waals surface area contributed by atoms with Crippen LogP contribution in [-0.2, 0) is 12.2 Å². The van der Waals surface area contributed by atoms with Crippen molar-refractivity contribution in [1.29, 1.82) is 0 Å². The maximum absolute atomic E-state index is 15.0. The van der Waals surface area contributed by atoms with Crippen LogP contribution in [-0.4, -0.2) is 16.3 Å². The third-order valence-electron chi connectivity index (χ3n) is 2.93. The zero-order valence-electron chi connectivity index (χ0n) is 9.81. The van der Waals surface area contributed by atoms with Gasteiger partial charge in [-0.05, 0) is 12.5 Å². The molecule has 0 amide bonds. The lowest BCUT2D eigenvalue weighted by Crippen LogP contribution is -2.31. The molecule has 0 aliphatic rings. The molecule has 2 N–H and O–H groups in total. The van der Waals surface area contributed by atoms with E-state index < -0.39 is 5.67 Å². The number of aromatic nitrogens is 2. The fourth-order valence-corrected chi connectivity index (χ4v) is 1.85. The van der Waals surface area contributed by atoms with Crippen molar-refractivity contribution < 1.29 is 4.39 Å². The van der Waals surface area contributed by atoms with Crippen molar-refractivity contribution >= 4 is 0 Å². The number of nitrogens with zero attached hydrogens (tertiary/aromatic N) is 2. The molecule has 17 heavy (non-hydrogen) atoms. The van der Waals surface area contributed by atoms with E-state index in [2.05, 4.69) is 5.10 Å². The van der Waals surface area contributed by atoms with Crippen LogP contribution in [0.2, 0.25) is 0 Å². The van der Waals surface area contributed by atoms with E-state index in [1.165, 1.54) is 0 Å². The van der Waals surface area contributed by atoms with E-state index in [9.17, 15) is 4.39 Å². The second-order valence-electron chi connectivity index (χ2n) is 3.96. The predicted molar refractivity (Wildman–Crippen MR) is 65.3 cm³/mol. The zero-order valence-corrected chi connectivity index (χ0v) is 9.81. The minimum atomic E-state index is -1.66. The summed E-state index contributed by atoms with van der Waals surface area (Å²) in [4.78, 5) is 0. The van der Waals surface area contributed by atoms with Gasteiger partial charge in [-0.15, -0.1) is 0 Å². The lowest BCUT2D eigenvalue weighted by molar-refractivity contribution is 0.232. The molecule has 0 saturated carbocycles. The van der Waals surface area contributed by atoms with Crippen molar-refractivity contribution in [3.8, 4) is 0 Å². The highest BCUT2D eigenvalue weighted by Crippen LogP contribution is 2.32. The average Bonchev–Trinajstić information content (AvgIpc) is 2.88. The summed E-state index contributed by atoms with van der Waals surface area (Å²) in [6.45, 7) is 2.59. The van der Waals surface area contributed by atoms with Gasteiger partial charge in [0.1, 0.15) is 0 Å². The van der Waals surface area contributed by atoms with E-state index >= 15 is 0 Å². The Balaban J connectivity index is 2.44. The maximum atomic E-state index is 15.0. The molecule has 0 saturated heterocycles. The van der Waals surface area contributed by atoms with Gasteiger partial charge in [-0.1, -0.05) is 30.3 Å². The van der Waals surface area contributed by atoms with Crippen molar-refractivity contribution in [2.24, 2.45) is 5.73 Å². The highest BCUT2D eigenvalue weighted by atomic mass is 19.1. The average molecular weight is 233 g/mol. The summed E-state index contributed by atoms with van der Waals surface area (Å²) in [5, 5.41) is 4.10. The Morgan fingerprint density at radius 2 is 2.00 bits per heavy atom. The van der Waals surface area contributed by atoms with Gasteiger partial charge in [-0.2, -0.15) is 5.10 Å². The largest absolute Gasteiger partial charge is 0.327 e. The number of hydrogen-bond acceptors (Lipinski definition) is 2. The summed E-state index contributed by atoms with van der Waals surface area (Å²) in [6, 6.07) is 8.97. The molecular formula is C13H16FN3.